The molecule has 0 amide bonds. The number of hydrogen-bond acceptors (Lipinski definition) is 2. The number of nitrogens with one attached hydrogen (secondary N) is 1. The van der Waals surface area contributed by atoms with Gasteiger partial charge in [-0.05, 0) is 25.6 Å². The van der Waals surface area contributed by atoms with E-state index in [4.69, 9.17) is 0 Å². The van der Waals surface area contributed by atoms with Gasteiger partial charge in [-0.2, -0.15) is 0 Å². The number of aryl methyl sites for hydroxylation is 2. The Hall–Kier alpha value is -1.61. The first-order valence-corrected chi connectivity index (χ1v) is 6.03. The Morgan fingerprint density at radius 3 is 2.88 bits per heavy atom. The van der Waals surface area contributed by atoms with Crippen LogP contribution in [0.1, 0.15) is 23.9 Å². The van der Waals surface area contributed by atoms with Crippen LogP contribution in [0.5, 0.6) is 0 Å². The summed E-state index contributed by atoms with van der Waals surface area (Å²) in [6.07, 6.45) is 4.84. The van der Waals surface area contributed by atoms with E-state index in [2.05, 4.69) is 46.9 Å². The number of nitrogens with zero attached hydrogens (tertiary/aromatic N) is 2. The van der Waals surface area contributed by atoms with Crippen molar-refractivity contribution in [3.8, 4) is 5.69 Å². The summed E-state index contributed by atoms with van der Waals surface area (Å²) in [5.74, 6) is 1.10. The fraction of sp³-hybridized carbons (Fsp3) is 0.357. The van der Waals surface area contributed by atoms with E-state index in [1.165, 1.54) is 16.8 Å². The van der Waals surface area contributed by atoms with Crippen LogP contribution in [0.25, 0.3) is 5.69 Å². The lowest BCUT2D eigenvalue weighted by Gasteiger charge is -2.13. The third-order valence-corrected chi connectivity index (χ3v) is 2.90. The van der Waals surface area contributed by atoms with E-state index in [0.29, 0.717) is 0 Å². The smallest absolute Gasteiger partial charge is 0.112 e. The van der Waals surface area contributed by atoms with Crippen molar-refractivity contribution in [1.29, 1.82) is 0 Å². The third kappa shape index (κ3) is 2.39. The molecule has 0 aliphatic carbocycles. The van der Waals surface area contributed by atoms with Crippen LogP contribution in [0.2, 0.25) is 0 Å². The first kappa shape index (κ1) is 11.9. The molecular formula is C14H19N3. The van der Waals surface area contributed by atoms with Gasteiger partial charge >= 0.3 is 0 Å². The average Bonchev–Trinajstić information content (AvgIpc) is 2.78. The standard InChI is InChI=1S/C14H19N3/c1-4-14-16-7-8-17(14)13-6-5-11(2)9-12(13)10-15-3/h5-9,15H,4,10H2,1-3H3. The van der Waals surface area contributed by atoms with Gasteiger partial charge in [-0.1, -0.05) is 24.6 Å². The zero-order valence-corrected chi connectivity index (χ0v) is 10.7. The quantitative estimate of drug-likeness (QED) is 0.872. The molecule has 17 heavy (non-hydrogen) atoms. The molecule has 1 heterocycles. The fourth-order valence-corrected chi connectivity index (χ4v) is 2.10. The molecule has 0 atom stereocenters. The molecular weight excluding hydrogens is 210 g/mol. The molecule has 0 radical (unpaired) electrons. The van der Waals surface area contributed by atoms with Crippen LogP contribution in [-0.4, -0.2) is 16.6 Å². The Morgan fingerprint density at radius 2 is 2.18 bits per heavy atom. The predicted octanol–water partition coefficient (Wildman–Crippen LogP) is 2.46. The van der Waals surface area contributed by atoms with Gasteiger partial charge in [0.1, 0.15) is 5.82 Å². The highest BCUT2D eigenvalue weighted by molar-refractivity contribution is 5.44. The molecule has 0 saturated heterocycles. The maximum atomic E-state index is 4.38. The molecule has 3 heteroatoms. The van der Waals surface area contributed by atoms with Gasteiger partial charge in [0, 0.05) is 25.4 Å². The van der Waals surface area contributed by atoms with Crippen molar-refractivity contribution in [3.63, 3.8) is 0 Å². The van der Waals surface area contributed by atoms with Crippen LogP contribution < -0.4 is 5.32 Å². The second-order valence-electron chi connectivity index (χ2n) is 4.23. The molecule has 0 saturated carbocycles. The summed E-state index contributed by atoms with van der Waals surface area (Å²) in [5.41, 5.74) is 3.82. The Labute approximate surface area is 103 Å². The van der Waals surface area contributed by atoms with E-state index in [1.807, 2.05) is 19.4 Å². The molecule has 1 N–H and O–H groups in total. The van der Waals surface area contributed by atoms with Crippen molar-refractivity contribution in [2.24, 2.45) is 0 Å². The summed E-state index contributed by atoms with van der Waals surface area (Å²) in [4.78, 5) is 4.38. The average molecular weight is 229 g/mol. The van der Waals surface area contributed by atoms with Gasteiger partial charge in [0.05, 0.1) is 5.69 Å². The Kier molecular flexibility index (Phi) is 3.59. The Morgan fingerprint density at radius 1 is 1.35 bits per heavy atom. The highest BCUT2D eigenvalue weighted by Crippen LogP contribution is 2.18. The lowest BCUT2D eigenvalue weighted by atomic mass is 10.1. The molecule has 0 aliphatic rings. The largest absolute Gasteiger partial charge is 0.316 e. The minimum atomic E-state index is 0.873. The number of imidazole rings is 1. The van der Waals surface area contributed by atoms with Crippen molar-refractivity contribution in [3.05, 3.63) is 47.5 Å². The first-order chi connectivity index (χ1) is 8.26. The summed E-state index contributed by atoms with van der Waals surface area (Å²) < 4.78 is 2.17. The summed E-state index contributed by atoms with van der Waals surface area (Å²) >= 11 is 0. The van der Waals surface area contributed by atoms with E-state index in [-0.39, 0.29) is 0 Å². The maximum absolute atomic E-state index is 4.38. The highest BCUT2D eigenvalue weighted by Gasteiger charge is 2.07. The lowest BCUT2D eigenvalue weighted by molar-refractivity contribution is 0.797. The monoisotopic (exact) mass is 229 g/mol. The van der Waals surface area contributed by atoms with Gasteiger partial charge in [-0.15, -0.1) is 0 Å². The zero-order chi connectivity index (χ0) is 12.3. The van der Waals surface area contributed by atoms with Gasteiger partial charge in [0.15, 0.2) is 0 Å². The van der Waals surface area contributed by atoms with Crippen LogP contribution >= 0.6 is 0 Å². The summed E-state index contributed by atoms with van der Waals surface area (Å²) in [6, 6.07) is 6.54. The summed E-state index contributed by atoms with van der Waals surface area (Å²) in [5, 5.41) is 3.22. The molecule has 0 bridgehead atoms. The van der Waals surface area contributed by atoms with Crippen LogP contribution in [0.3, 0.4) is 0 Å². The SMILES string of the molecule is CCc1nccn1-c1ccc(C)cc1CNC. The molecule has 2 rings (SSSR count). The second kappa shape index (κ2) is 5.15. The number of aromatic nitrogens is 2. The molecule has 0 aliphatic heterocycles. The minimum absolute atomic E-state index is 0.873. The molecule has 0 fully saturated rings. The van der Waals surface area contributed by atoms with Crippen molar-refractivity contribution >= 4 is 0 Å². The molecule has 1 aromatic carbocycles. The zero-order valence-electron chi connectivity index (χ0n) is 10.7. The van der Waals surface area contributed by atoms with Crippen molar-refractivity contribution in [1.82, 2.24) is 14.9 Å². The van der Waals surface area contributed by atoms with Gasteiger partial charge in [-0.25, -0.2) is 4.98 Å². The van der Waals surface area contributed by atoms with Crippen LogP contribution in [0.4, 0.5) is 0 Å². The molecule has 3 nitrogen and oxygen atoms in total. The number of hydrogen-bond donors (Lipinski definition) is 1. The van der Waals surface area contributed by atoms with Crippen LogP contribution in [0.15, 0.2) is 30.6 Å². The van der Waals surface area contributed by atoms with E-state index in [1.54, 1.807) is 0 Å². The Balaban J connectivity index is 2.50. The normalized spacial score (nSPS) is 10.8. The third-order valence-electron chi connectivity index (χ3n) is 2.90. The van der Waals surface area contributed by atoms with E-state index in [9.17, 15) is 0 Å². The van der Waals surface area contributed by atoms with E-state index >= 15 is 0 Å². The summed E-state index contributed by atoms with van der Waals surface area (Å²) in [6.45, 7) is 5.13. The number of benzene rings is 1. The lowest BCUT2D eigenvalue weighted by Crippen LogP contribution is -2.10. The number of rotatable bonds is 4. The van der Waals surface area contributed by atoms with Crippen molar-refractivity contribution in [2.75, 3.05) is 7.05 Å². The summed E-state index contributed by atoms with van der Waals surface area (Å²) in [7, 11) is 1.97. The first-order valence-electron chi connectivity index (χ1n) is 6.03. The van der Waals surface area contributed by atoms with E-state index < -0.39 is 0 Å². The van der Waals surface area contributed by atoms with Gasteiger partial charge in [0.2, 0.25) is 0 Å². The van der Waals surface area contributed by atoms with Gasteiger partial charge in [0.25, 0.3) is 0 Å². The van der Waals surface area contributed by atoms with Gasteiger partial charge < -0.3 is 9.88 Å². The molecule has 0 spiro atoms. The van der Waals surface area contributed by atoms with Gasteiger partial charge in [-0.3, -0.25) is 0 Å². The van der Waals surface area contributed by atoms with Crippen LogP contribution in [0, 0.1) is 6.92 Å². The molecule has 2 aromatic rings. The minimum Gasteiger partial charge on any atom is -0.316 e. The predicted molar refractivity (Wildman–Crippen MR) is 70.4 cm³/mol. The van der Waals surface area contributed by atoms with Crippen molar-refractivity contribution in [2.45, 2.75) is 26.8 Å². The molecule has 1 aromatic heterocycles. The maximum Gasteiger partial charge on any atom is 0.112 e. The molecule has 90 valence electrons. The highest BCUT2D eigenvalue weighted by atomic mass is 15.1. The second-order valence-corrected chi connectivity index (χ2v) is 4.23. The Bertz CT molecular complexity index is 500. The fourth-order valence-electron chi connectivity index (χ4n) is 2.10. The van der Waals surface area contributed by atoms with Crippen LogP contribution in [-0.2, 0) is 13.0 Å². The van der Waals surface area contributed by atoms with Crippen molar-refractivity contribution < 1.29 is 0 Å². The molecule has 0 unspecified atom stereocenters. The van der Waals surface area contributed by atoms with E-state index in [0.717, 1.165) is 18.8 Å². The topological polar surface area (TPSA) is 29.9 Å².